The van der Waals surface area contributed by atoms with Crippen LogP contribution < -0.4 is 10.6 Å². The zero-order chi connectivity index (χ0) is 17.8. The fourth-order valence-corrected chi connectivity index (χ4v) is 3.75. The first-order valence-electron chi connectivity index (χ1n) is 9.34. The number of piperazine rings is 1. The number of nitrogens with zero attached hydrogens (tertiary/aromatic N) is 3. The lowest BCUT2D eigenvalue weighted by Crippen LogP contribution is -2.53. The van der Waals surface area contributed by atoms with Gasteiger partial charge in [-0.1, -0.05) is 37.3 Å². The maximum atomic E-state index is 4.62. The molecule has 2 N–H and O–H groups in total. The first-order chi connectivity index (χ1) is 12.9. The molecule has 3 aromatic rings. The lowest BCUT2D eigenvalue weighted by molar-refractivity contribution is 0.114. The van der Waals surface area contributed by atoms with Crippen LogP contribution in [0.4, 0.5) is 5.82 Å². The molecule has 0 aliphatic carbocycles. The predicted octanol–water partition coefficient (Wildman–Crippen LogP) is 3.42. The Morgan fingerprint density at radius 3 is 2.85 bits per heavy atom. The molecule has 1 aromatic carbocycles. The van der Waals surface area contributed by atoms with Gasteiger partial charge in [0, 0.05) is 37.4 Å². The summed E-state index contributed by atoms with van der Waals surface area (Å²) in [5.41, 5.74) is 1.12. The van der Waals surface area contributed by atoms with Gasteiger partial charge in [0.25, 0.3) is 0 Å². The monoisotopic (exact) mass is 347 g/mol. The zero-order valence-corrected chi connectivity index (χ0v) is 15.1. The normalized spacial score (nSPS) is 19.3. The van der Waals surface area contributed by atoms with Gasteiger partial charge in [-0.2, -0.15) is 0 Å². The summed E-state index contributed by atoms with van der Waals surface area (Å²) in [6, 6.07) is 16.9. The quantitative estimate of drug-likeness (QED) is 0.741. The number of rotatable bonds is 5. The standard InChI is InChI=1S/C21H25N5/c1-2-20(25-21-17-8-4-3-7-16(17)10-12-24-21)26-14-13-22-15-19(26)18-9-5-6-11-23-18/h3-12,19-20,22H,2,13-15H2,1H3,(H,24,25). The smallest absolute Gasteiger partial charge is 0.135 e. The van der Waals surface area contributed by atoms with Crippen LogP contribution in [0.15, 0.2) is 60.9 Å². The Bertz CT molecular complexity index is 846. The third-order valence-corrected chi connectivity index (χ3v) is 5.08. The van der Waals surface area contributed by atoms with E-state index in [1.54, 1.807) is 0 Å². The summed E-state index contributed by atoms with van der Waals surface area (Å²) in [6.45, 7) is 5.11. The number of pyridine rings is 2. The van der Waals surface area contributed by atoms with E-state index in [1.165, 1.54) is 5.39 Å². The van der Waals surface area contributed by atoms with Crippen LogP contribution in [-0.2, 0) is 0 Å². The third-order valence-electron chi connectivity index (χ3n) is 5.08. The van der Waals surface area contributed by atoms with E-state index in [1.807, 2.05) is 18.5 Å². The third kappa shape index (κ3) is 3.41. The Balaban J connectivity index is 1.63. The molecule has 0 saturated carbocycles. The molecule has 0 bridgehead atoms. The summed E-state index contributed by atoms with van der Waals surface area (Å²) in [5.74, 6) is 0.952. The van der Waals surface area contributed by atoms with E-state index in [0.29, 0.717) is 0 Å². The molecule has 1 fully saturated rings. The molecule has 2 atom stereocenters. The Morgan fingerprint density at radius 1 is 1.12 bits per heavy atom. The van der Waals surface area contributed by atoms with E-state index in [4.69, 9.17) is 0 Å². The van der Waals surface area contributed by atoms with Crippen molar-refractivity contribution in [3.05, 3.63) is 66.6 Å². The van der Waals surface area contributed by atoms with Crippen LogP contribution in [0, 0.1) is 0 Å². The van der Waals surface area contributed by atoms with Crippen LogP contribution in [0.25, 0.3) is 10.8 Å². The summed E-state index contributed by atoms with van der Waals surface area (Å²) >= 11 is 0. The van der Waals surface area contributed by atoms with Crippen molar-refractivity contribution < 1.29 is 0 Å². The molecule has 134 valence electrons. The molecule has 1 aliphatic rings. The number of nitrogens with one attached hydrogen (secondary N) is 2. The van der Waals surface area contributed by atoms with Crippen LogP contribution in [0.1, 0.15) is 25.1 Å². The van der Waals surface area contributed by atoms with Crippen LogP contribution >= 0.6 is 0 Å². The molecule has 26 heavy (non-hydrogen) atoms. The van der Waals surface area contributed by atoms with Gasteiger partial charge >= 0.3 is 0 Å². The molecule has 1 saturated heterocycles. The number of fused-ring (bicyclic) bond motifs is 1. The average molecular weight is 347 g/mol. The van der Waals surface area contributed by atoms with Crippen molar-refractivity contribution in [3.8, 4) is 0 Å². The van der Waals surface area contributed by atoms with E-state index in [9.17, 15) is 0 Å². The predicted molar refractivity (Wildman–Crippen MR) is 106 cm³/mol. The van der Waals surface area contributed by atoms with Crippen molar-refractivity contribution in [2.45, 2.75) is 25.6 Å². The minimum Gasteiger partial charge on any atom is -0.354 e. The second-order valence-electron chi connectivity index (χ2n) is 6.66. The summed E-state index contributed by atoms with van der Waals surface area (Å²) in [6.07, 6.45) is 4.96. The van der Waals surface area contributed by atoms with Gasteiger partial charge in [0.2, 0.25) is 0 Å². The Morgan fingerprint density at radius 2 is 2.00 bits per heavy atom. The number of hydrogen-bond acceptors (Lipinski definition) is 5. The summed E-state index contributed by atoms with van der Waals surface area (Å²) in [7, 11) is 0. The molecule has 5 heteroatoms. The number of hydrogen-bond donors (Lipinski definition) is 2. The minimum atomic E-state index is 0.211. The highest BCUT2D eigenvalue weighted by atomic mass is 15.3. The number of aromatic nitrogens is 2. The molecular weight excluding hydrogens is 322 g/mol. The Hall–Kier alpha value is -2.50. The largest absolute Gasteiger partial charge is 0.354 e. The van der Waals surface area contributed by atoms with E-state index in [0.717, 1.165) is 43.0 Å². The Kier molecular flexibility index (Phi) is 5.09. The van der Waals surface area contributed by atoms with Crippen LogP contribution in [0.3, 0.4) is 0 Å². The van der Waals surface area contributed by atoms with Gasteiger partial charge in [-0.15, -0.1) is 0 Å². The van der Waals surface area contributed by atoms with Crippen molar-refractivity contribution in [2.75, 3.05) is 25.0 Å². The molecule has 2 unspecified atom stereocenters. The van der Waals surface area contributed by atoms with Crippen molar-refractivity contribution in [1.82, 2.24) is 20.2 Å². The molecule has 2 aromatic heterocycles. The zero-order valence-electron chi connectivity index (χ0n) is 15.1. The summed E-state index contributed by atoms with van der Waals surface area (Å²) in [5, 5.41) is 9.59. The first-order valence-corrected chi connectivity index (χ1v) is 9.34. The maximum absolute atomic E-state index is 4.62. The highest BCUT2D eigenvalue weighted by Gasteiger charge is 2.30. The first kappa shape index (κ1) is 16.9. The van der Waals surface area contributed by atoms with E-state index >= 15 is 0 Å². The van der Waals surface area contributed by atoms with Gasteiger partial charge in [0.1, 0.15) is 5.82 Å². The molecular formula is C21H25N5. The fourth-order valence-electron chi connectivity index (χ4n) is 3.75. The molecule has 0 radical (unpaired) electrons. The molecule has 4 rings (SSSR count). The second-order valence-corrected chi connectivity index (χ2v) is 6.66. The fraction of sp³-hybridized carbons (Fsp3) is 0.333. The van der Waals surface area contributed by atoms with Gasteiger partial charge in [0.15, 0.2) is 0 Å². The molecule has 0 amide bonds. The average Bonchev–Trinajstić information content (AvgIpc) is 2.73. The minimum absolute atomic E-state index is 0.211. The molecule has 5 nitrogen and oxygen atoms in total. The lowest BCUT2D eigenvalue weighted by Gasteiger charge is -2.41. The van der Waals surface area contributed by atoms with Crippen LogP contribution in [-0.4, -0.2) is 40.7 Å². The van der Waals surface area contributed by atoms with Crippen molar-refractivity contribution in [3.63, 3.8) is 0 Å². The number of benzene rings is 1. The summed E-state index contributed by atoms with van der Waals surface area (Å²) < 4.78 is 0. The molecule has 3 heterocycles. The SMILES string of the molecule is CCC(Nc1nccc2ccccc12)N1CCNCC1c1ccccn1. The Labute approximate surface area is 154 Å². The van der Waals surface area contributed by atoms with Gasteiger partial charge in [-0.3, -0.25) is 9.88 Å². The highest BCUT2D eigenvalue weighted by Crippen LogP contribution is 2.27. The van der Waals surface area contributed by atoms with E-state index < -0.39 is 0 Å². The van der Waals surface area contributed by atoms with E-state index in [-0.39, 0.29) is 12.2 Å². The van der Waals surface area contributed by atoms with Crippen molar-refractivity contribution >= 4 is 16.6 Å². The maximum Gasteiger partial charge on any atom is 0.135 e. The van der Waals surface area contributed by atoms with Crippen LogP contribution in [0.5, 0.6) is 0 Å². The van der Waals surface area contributed by atoms with Gasteiger partial charge < -0.3 is 10.6 Å². The van der Waals surface area contributed by atoms with Gasteiger partial charge in [-0.05, 0) is 30.0 Å². The molecule has 0 spiro atoms. The van der Waals surface area contributed by atoms with Gasteiger partial charge in [-0.25, -0.2) is 4.98 Å². The summed E-state index contributed by atoms with van der Waals surface area (Å²) in [4.78, 5) is 11.7. The van der Waals surface area contributed by atoms with Crippen LogP contribution in [0.2, 0.25) is 0 Å². The highest BCUT2D eigenvalue weighted by molar-refractivity contribution is 5.91. The lowest BCUT2D eigenvalue weighted by atomic mass is 10.1. The number of anilines is 1. The van der Waals surface area contributed by atoms with Crippen molar-refractivity contribution in [1.29, 1.82) is 0 Å². The van der Waals surface area contributed by atoms with Crippen molar-refractivity contribution in [2.24, 2.45) is 0 Å². The van der Waals surface area contributed by atoms with E-state index in [2.05, 4.69) is 74.9 Å². The second kappa shape index (κ2) is 7.81. The van der Waals surface area contributed by atoms with Gasteiger partial charge in [0.05, 0.1) is 17.9 Å². The molecule has 1 aliphatic heterocycles. The topological polar surface area (TPSA) is 53.1 Å².